The molecule has 0 aliphatic carbocycles. The Labute approximate surface area is 110 Å². The average Bonchev–Trinajstić information content (AvgIpc) is 2.33. The zero-order valence-electron chi connectivity index (χ0n) is 10.6. The van der Waals surface area contributed by atoms with Crippen LogP contribution in [0, 0.1) is 0 Å². The zero-order valence-corrected chi connectivity index (χ0v) is 10.6. The Kier molecular flexibility index (Phi) is 3.25. The van der Waals surface area contributed by atoms with Crippen LogP contribution in [0.4, 0.5) is 5.69 Å². The van der Waals surface area contributed by atoms with Crippen molar-refractivity contribution in [3.8, 4) is 5.75 Å². The molecule has 19 heavy (non-hydrogen) atoms. The van der Waals surface area contributed by atoms with Gasteiger partial charge in [0.25, 0.3) is 0 Å². The van der Waals surface area contributed by atoms with Crippen LogP contribution in [0.3, 0.4) is 0 Å². The maximum atomic E-state index is 11.6. The van der Waals surface area contributed by atoms with Crippen LogP contribution >= 0.6 is 0 Å². The molecule has 6 heteroatoms. The molecule has 2 N–H and O–H groups in total. The smallest absolute Gasteiger partial charge is 0.249 e. The second kappa shape index (κ2) is 4.72. The van der Waals surface area contributed by atoms with Gasteiger partial charge in [0, 0.05) is 11.8 Å². The Bertz CT molecular complexity index is 568. The van der Waals surface area contributed by atoms with E-state index in [0.29, 0.717) is 5.69 Å². The number of nitrogens with one attached hydrogen (secondary N) is 1. The summed E-state index contributed by atoms with van der Waals surface area (Å²) >= 11 is 0. The highest BCUT2D eigenvalue weighted by atomic mass is 16.3. The fourth-order valence-corrected chi connectivity index (χ4v) is 2.03. The van der Waals surface area contributed by atoms with Crippen LogP contribution in [0.1, 0.15) is 24.2 Å². The first-order chi connectivity index (χ1) is 8.90. The number of hydrogen-bond donors (Lipinski definition) is 2. The molecule has 0 bridgehead atoms. The van der Waals surface area contributed by atoms with E-state index in [9.17, 15) is 19.5 Å². The van der Waals surface area contributed by atoms with Crippen LogP contribution in [-0.2, 0) is 9.59 Å². The fourth-order valence-electron chi connectivity index (χ4n) is 2.03. The molecule has 100 valence electrons. The second-order valence-corrected chi connectivity index (χ2v) is 4.47. The summed E-state index contributed by atoms with van der Waals surface area (Å²) in [6.07, 6.45) is 0. The quantitative estimate of drug-likeness (QED) is 0.597. The van der Waals surface area contributed by atoms with Gasteiger partial charge in [0.1, 0.15) is 11.8 Å². The highest BCUT2D eigenvalue weighted by molar-refractivity contribution is 6.04. The van der Waals surface area contributed by atoms with Crippen LogP contribution in [-0.4, -0.2) is 35.3 Å². The van der Waals surface area contributed by atoms with Crippen LogP contribution in [0.2, 0.25) is 0 Å². The Morgan fingerprint density at radius 2 is 2.11 bits per heavy atom. The van der Waals surface area contributed by atoms with Crippen molar-refractivity contribution in [3.63, 3.8) is 0 Å². The molecule has 2 amide bonds. The molecule has 0 spiro atoms. The number of imide groups is 1. The zero-order chi connectivity index (χ0) is 14.2. The summed E-state index contributed by atoms with van der Waals surface area (Å²) in [5.74, 6) is -1.18. The molecule has 1 atom stereocenters. The van der Waals surface area contributed by atoms with Gasteiger partial charge >= 0.3 is 0 Å². The Hall–Kier alpha value is -2.37. The van der Waals surface area contributed by atoms with Crippen molar-refractivity contribution in [1.29, 1.82) is 0 Å². The van der Waals surface area contributed by atoms with E-state index >= 15 is 0 Å². The molecule has 1 heterocycles. The highest BCUT2D eigenvalue weighted by Gasteiger charge is 2.30. The number of anilines is 1. The Morgan fingerprint density at radius 1 is 1.42 bits per heavy atom. The van der Waals surface area contributed by atoms with Gasteiger partial charge in [-0.2, -0.15) is 0 Å². The fraction of sp³-hybridized carbons (Fsp3) is 0.308. The van der Waals surface area contributed by atoms with Gasteiger partial charge in [0.05, 0.1) is 12.1 Å². The predicted molar refractivity (Wildman–Crippen MR) is 68.1 cm³/mol. The predicted octanol–water partition coefficient (Wildman–Crippen LogP) is 0.446. The standard InChI is InChI=1S/C13H14N2O4/c1-7-13(19)14-12(18)6-15(7)9-3-4-10(8(2)16)11(17)5-9/h3-5,7,17H,6H2,1-2H3,(H,14,18,19). The molecule has 1 aromatic carbocycles. The van der Waals surface area contributed by atoms with Crippen molar-refractivity contribution < 1.29 is 19.5 Å². The van der Waals surface area contributed by atoms with Crippen molar-refractivity contribution in [2.45, 2.75) is 19.9 Å². The van der Waals surface area contributed by atoms with Crippen molar-refractivity contribution in [2.75, 3.05) is 11.4 Å². The average molecular weight is 262 g/mol. The largest absolute Gasteiger partial charge is 0.507 e. The monoisotopic (exact) mass is 262 g/mol. The summed E-state index contributed by atoms with van der Waals surface area (Å²) in [6, 6.07) is 3.97. The molecule has 1 aliphatic heterocycles. The first kappa shape index (κ1) is 13.1. The summed E-state index contributed by atoms with van der Waals surface area (Å²) in [6.45, 7) is 3.05. The van der Waals surface area contributed by atoms with Gasteiger partial charge in [-0.1, -0.05) is 0 Å². The van der Waals surface area contributed by atoms with E-state index < -0.39 is 11.9 Å². The minimum absolute atomic E-state index is 0.0335. The minimum atomic E-state index is -0.514. The number of phenolic OH excluding ortho intramolecular Hbond substituents is 1. The Morgan fingerprint density at radius 3 is 2.68 bits per heavy atom. The van der Waals surface area contributed by atoms with Gasteiger partial charge in [-0.3, -0.25) is 19.7 Å². The van der Waals surface area contributed by atoms with Gasteiger partial charge in [0.15, 0.2) is 5.78 Å². The number of Topliss-reactive ketones (excluding diaryl/α,β-unsaturated/α-hetero) is 1. The Balaban J connectivity index is 2.36. The summed E-state index contributed by atoms with van der Waals surface area (Å²) < 4.78 is 0. The number of amides is 2. The molecule has 1 saturated heterocycles. The second-order valence-electron chi connectivity index (χ2n) is 4.47. The molecule has 6 nitrogen and oxygen atoms in total. The number of aromatic hydroxyl groups is 1. The van der Waals surface area contributed by atoms with E-state index in [1.54, 1.807) is 17.9 Å². The lowest BCUT2D eigenvalue weighted by Gasteiger charge is -2.33. The third-order valence-electron chi connectivity index (χ3n) is 3.12. The molecule has 1 aromatic rings. The van der Waals surface area contributed by atoms with Crippen LogP contribution in [0.15, 0.2) is 18.2 Å². The number of carbonyl (C=O) groups is 3. The molecular formula is C13H14N2O4. The molecule has 1 aliphatic rings. The maximum absolute atomic E-state index is 11.6. The first-order valence-electron chi connectivity index (χ1n) is 5.84. The molecule has 0 aromatic heterocycles. The number of rotatable bonds is 2. The first-order valence-corrected chi connectivity index (χ1v) is 5.84. The summed E-state index contributed by atoms with van der Waals surface area (Å²) in [4.78, 5) is 35.7. The lowest BCUT2D eigenvalue weighted by molar-refractivity contribution is -0.132. The van der Waals surface area contributed by atoms with Gasteiger partial charge in [-0.05, 0) is 26.0 Å². The third-order valence-corrected chi connectivity index (χ3v) is 3.12. The van der Waals surface area contributed by atoms with Crippen molar-refractivity contribution >= 4 is 23.3 Å². The number of benzene rings is 1. The van der Waals surface area contributed by atoms with E-state index in [1.165, 1.54) is 19.1 Å². The van der Waals surface area contributed by atoms with E-state index in [0.717, 1.165) is 0 Å². The lowest BCUT2D eigenvalue weighted by atomic mass is 10.1. The van der Waals surface area contributed by atoms with E-state index in [4.69, 9.17) is 0 Å². The molecule has 0 radical (unpaired) electrons. The van der Waals surface area contributed by atoms with Gasteiger partial charge in [-0.25, -0.2) is 0 Å². The number of carbonyl (C=O) groups excluding carboxylic acids is 3. The van der Waals surface area contributed by atoms with E-state index in [-0.39, 0.29) is 29.5 Å². The van der Waals surface area contributed by atoms with E-state index in [2.05, 4.69) is 5.32 Å². The molecule has 0 saturated carbocycles. The summed E-state index contributed by atoms with van der Waals surface area (Å²) in [7, 11) is 0. The van der Waals surface area contributed by atoms with Crippen molar-refractivity contribution in [3.05, 3.63) is 23.8 Å². The van der Waals surface area contributed by atoms with Gasteiger partial charge in [0.2, 0.25) is 11.8 Å². The maximum Gasteiger partial charge on any atom is 0.249 e. The van der Waals surface area contributed by atoms with Crippen LogP contribution in [0.25, 0.3) is 0 Å². The lowest BCUT2D eigenvalue weighted by Crippen LogP contribution is -2.57. The van der Waals surface area contributed by atoms with Crippen LogP contribution < -0.4 is 10.2 Å². The number of hydrogen-bond acceptors (Lipinski definition) is 5. The van der Waals surface area contributed by atoms with Gasteiger partial charge in [-0.15, -0.1) is 0 Å². The van der Waals surface area contributed by atoms with E-state index in [1.807, 2.05) is 0 Å². The van der Waals surface area contributed by atoms with Crippen molar-refractivity contribution in [1.82, 2.24) is 5.32 Å². The third kappa shape index (κ3) is 2.42. The molecule has 1 unspecified atom stereocenters. The highest BCUT2D eigenvalue weighted by Crippen LogP contribution is 2.27. The molecular weight excluding hydrogens is 248 g/mol. The topological polar surface area (TPSA) is 86.7 Å². The minimum Gasteiger partial charge on any atom is -0.507 e. The molecule has 1 fully saturated rings. The normalized spacial score (nSPS) is 19.3. The van der Waals surface area contributed by atoms with Gasteiger partial charge < -0.3 is 10.0 Å². The number of nitrogens with zero attached hydrogens (tertiary/aromatic N) is 1. The number of ketones is 1. The molecule has 2 rings (SSSR count). The number of phenols is 1. The van der Waals surface area contributed by atoms with Crippen LogP contribution in [0.5, 0.6) is 5.75 Å². The van der Waals surface area contributed by atoms with Crippen molar-refractivity contribution in [2.24, 2.45) is 0 Å². The summed E-state index contributed by atoms with van der Waals surface area (Å²) in [5.41, 5.74) is 0.738. The summed E-state index contributed by atoms with van der Waals surface area (Å²) in [5, 5.41) is 12.0. The number of piperazine rings is 1. The SMILES string of the molecule is CC(=O)c1ccc(N2CC(=O)NC(=O)C2C)cc1O.